The molecular formula is C19H29NO. The van der Waals surface area contributed by atoms with E-state index in [4.69, 9.17) is 4.74 Å². The van der Waals surface area contributed by atoms with Gasteiger partial charge in [-0.25, -0.2) is 0 Å². The van der Waals surface area contributed by atoms with Crippen molar-refractivity contribution in [1.82, 2.24) is 5.32 Å². The zero-order valence-corrected chi connectivity index (χ0v) is 14.0. The number of allylic oxidation sites excluding steroid dienone is 1. The van der Waals surface area contributed by atoms with E-state index in [0.717, 1.165) is 18.7 Å². The molecule has 1 unspecified atom stereocenters. The minimum absolute atomic E-state index is 0.420. The molecule has 0 aromatic heterocycles. The second-order valence-electron chi connectivity index (χ2n) is 6.10. The lowest BCUT2D eigenvalue weighted by Gasteiger charge is -2.24. The Labute approximate surface area is 129 Å². The van der Waals surface area contributed by atoms with E-state index >= 15 is 0 Å². The third-order valence-electron chi connectivity index (χ3n) is 4.46. The Bertz CT molecular complexity index is 505. The lowest BCUT2D eigenvalue weighted by atomic mass is 9.89. The number of rotatable bonds is 6. The monoisotopic (exact) mass is 287 g/mol. The van der Waals surface area contributed by atoms with Gasteiger partial charge in [0, 0.05) is 6.04 Å². The fourth-order valence-corrected chi connectivity index (χ4v) is 3.30. The lowest BCUT2D eigenvalue weighted by molar-refractivity contribution is 0.410. The summed E-state index contributed by atoms with van der Waals surface area (Å²) in [4.78, 5) is 0. The molecule has 0 fully saturated rings. The third-order valence-corrected chi connectivity index (χ3v) is 4.46. The van der Waals surface area contributed by atoms with E-state index in [1.54, 1.807) is 12.7 Å². The van der Waals surface area contributed by atoms with Crippen molar-refractivity contribution in [3.8, 4) is 5.75 Å². The first-order valence-corrected chi connectivity index (χ1v) is 8.22. The van der Waals surface area contributed by atoms with Crippen LogP contribution in [0.15, 0.2) is 23.8 Å². The smallest absolute Gasteiger partial charge is 0.122 e. The van der Waals surface area contributed by atoms with Crippen LogP contribution in [-0.4, -0.2) is 13.7 Å². The molecule has 0 saturated carbocycles. The molecule has 0 bridgehead atoms. The highest BCUT2D eigenvalue weighted by molar-refractivity contribution is 5.43. The zero-order valence-electron chi connectivity index (χ0n) is 14.0. The molecule has 1 aromatic rings. The summed E-state index contributed by atoms with van der Waals surface area (Å²) in [7, 11) is 1.75. The van der Waals surface area contributed by atoms with Gasteiger partial charge in [-0.05, 0) is 75.3 Å². The lowest BCUT2D eigenvalue weighted by Crippen LogP contribution is -2.22. The Morgan fingerprint density at radius 2 is 2.00 bits per heavy atom. The second-order valence-corrected chi connectivity index (χ2v) is 6.10. The van der Waals surface area contributed by atoms with Crippen LogP contribution in [-0.2, 0) is 0 Å². The van der Waals surface area contributed by atoms with Gasteiger partial charge >= 0.3 is 0 Å². The van der Waals surface area contributed by atoms with E-state index in [2.05, 4.69) is 44.3 Å². The van der Waals surface area contributed by atoms with E-state index in [0.29, 0.717) is 6.04 Å². The molecule has 2 heteroatoms. The molecule has 1 N–H and O–H groups in total. The molecule has 1 aliphatic rings. The van der Waals surface area contributed by atoms with E-state index in [9.17, 15) is 0 Å². The fraction of sp³-hybridized carbons (Fsp3) is 0.579. The SMILES string of the molecule is CCNC(CC1=CCCCC1)c1cc(C)c(OC)cc1C. The number of hydrogen-bond donors (Lipinski definition) is 1. The summed E-state index contributed by atoms with van der Waals surface area (Å²) >= 11 is 0. The minimum atomic E-state index is 0.420. The number of nitrogens with one attached hydrogen (secondary N) is 1. The van der Waals surface area contributed by atoms with Crippen LogP contribution in [0.1, 0.15) is 61.8 Å². The molecule has 0 heterocycles. The van der Waals surface area contributed by atoms with Gasteiger partial charge in [-0.1, -0.05) is 24.6 Å². The van der Waals surface area contributed by atoms with Gasteiger partial charge in [-0.15, -0.1) is 0 Å². The molecule has 116 valence electrons. The van der Waals surface area contributed by atoms with Crippen LogP contribution >= 0.6 is 0 Å². The third kappa shape index (κ3) is 4.10. The Morgan fingerprint density at radius 3 is 2.62 bits per heavy atom. The van der Waals surface area contributed by atoms with Gasteiger partial charge in [0.25, 0.3) is 0 Å². The number of hydrogen-bond acceptors (Lipinski definition) is 2. The summed E-state index contributed by atoms with van der Waals surface area (Å²) in [5, 5.41) is 3.67. The highest BCUT2D eigenvalue weighted by Crippen LogP contribution is 2.32. The van der Waals surface area contributed by atoms with Crippen LogP contribution in [0.2, 0.25) is 0 Å². The van der Waals surface area contributed by atoms with Crippen molar-refractivity contribution in [2.24, 2.45) is 0 Å². The van der Waals surface area contributed by atoms with Crippen molar-refractivity contribution < 1.29 is 4.74 Å². The summed E-state index contributed by atoms with van der Waals surface area (Å²) in [5.74, 6) is 0.989. The first-order chi connectivity index (χ1) is 10.2. The van der Waals surface area contributed by atoms with E-state index in [-0.39, 0.29) is 0 Å². The molecule has 0 amide bonds. The van der Waals surface area contributed by atoms with Gasteiger partial charge in [0.1, 0.15) is 5.75 Å². The Hall–Kier alpha value is -1.28. The predicted octanol–water partition coefficient (Wildman–Crippen LogP) is 4.85. The van der Waals surface area contributed by atoms with Gasteiger partial charge in [0.05, 0.1) is 7.11 Å². The molecule has 0 spiro atoms. The van der Waals surface area contributed by atoms with Gasteiger partial charge in [0.15, 0.2) is 0 Å². The second kappa shape index (κ2) is 7.65. The Kier molecular flexibility index (Phi) is 5.86. The average molecular weight is 287 g/mol. The maximum Gasteiger partial charge on any atom is 0.122 e. The van der Waals surface area contributed by atoms with Crippen LogP contribution in [0.25, 0.3) is 0 Å². The van der Waals surface area contributed by atoms with Crippen molar-refractivity contribution in [1.29, 1.82) is 0 Å². The summed E-state index contributed by atoms with van der Waals surface area (Å²) < 4.78 is 5.44. The molecule has 1 atom stereocenters. The maximum atomic E-state index is 5.44. The highest BCUT2D eigenvalue weighted by atomic mass is 16.5. The zero-order chi connectivity index (χ0) is 15.2. The fourth-order valence-electron chi connectivity index (χ4n) is 3.30. The van der Waals surface area contributed by atoms with E-state index in [1.165, 1.54) is 42.4 Å². The van der Waals surface area contributed by atoms with Crippen molar-refractivity contribution in [3.05, 3.63) is 40.5 Å². The van der Waals surface area contributed by atoms with Crippen LogP contribution in [0.4, 0.5) is 0 Å². The minimum Gasteiger partial charge on any atom is -0.496 e. The van der Waals surface area contributed by atoms with Gasteiger partial charge < -0.3 is 10.1 Å². The topological polar surface area (TPSA) is 21.3 Å². The standard InChI is InChI=1S/C19H29NO/c1-5-20-18(13-16-9-7-6-8-10-16)17-11-15(3)19(21-4)12-14(17)2/h9,11-12,18,20H,5-8,10,13H2,1-4H3. The number of ether oxygens (including phenoxy) is 1. The molecule has 0 radical (unpaired) electrons. The Morgan fingerprint density at radius 1 is 1.19 bits per heavy atom. The van der Waals surface area contributed by atoms with Gasteiger partial charge in [-0.2, -0.15) is 0 Å². The van der Waals surface area contributed by atoms with E-state index < -0.39 is 0 Å². The first kappa shape index (κ1) is 16.1. The molecule has 2 nitrogen and oxygen atoms in total. The Balaban J connectivity index is 2.24. The molecular weight excluding hydrogens is 258 g/mol. The quantitative estimate of drug-likeness (QED) is 0.755. The van der Waals surface area contributed by atoms with Crippen molar-refractivity contribution in [3.63, 3.8) is 0 Å². The summed E-state index contributed by atoms with van der Waals surface area (Å²) in [6, 6.07) is 4.89. The van der Waals surface area contributed by atoms with Crippen molar-refractivity contribution >= 4 is 0 Å². The van der Waals surface area contributed by atoms with Crippen LogP contribution in [0.5, 0.6) is 5.75 Å². The summed E-state index contributed by atoms with van der Waals surface area (Å²) in [6.45, 7) is 7.51. The van der Waals surface area contributed by atoms with Gasteiger partial charge in [0.2, 0.25) is 0 Å². The van der Waals surface area contributed by atoms with Gasteiger partial charge in [-0.3, -0.25) is 0 Å². The maximum absolute atomic E-state index is 5.44. The molecule has 1 aliphatic carbocycles. The summed E-state index contributed by atoms with van der Waals surface area (Å²) in [6.07, 6.45) is 8.84. The summed E-state index contributed by atoms with van der Waals surface area (Å²) in [5.41, 5.74) is 5.58. The van der Waals surface area contributed by atoms with Crippen molar-refractivity contribution in [2.75, 3.05) is 13.7 Å². The number of methoxy groups -OCH3 is 1. The normalized spacial score (nSPS) is 16.5. The largest absolute Gasteiger partial charge is 0.496 e. The van der Waals surface area contributed by atoms with Crippen LogP contribution < -0.4 is 10.1 Å². The average Bonchev–Trinajstić information content (AvgIpc) is 2.50. The van der Waals surface area contributed by atoms with E-state index in [1.807, 2.05) is 0 Å². The molecule has 1 aromatic carbocycles. The highest BCUT2D eigenvalue weighted by Gasteiger charge is 2.17. The van der Waals surface area contributed by atoms with Crippen LogP contribution in [0.3, 0.4) is 0 Å². The molecule has 0 saturated heterocycles. The van der Waals surface area contributed by atoms with Crippen molar-refractivity contribution in [2.45, 2.75) is 58.9 Å². The van der Waals surface area contributed by atoms with Crippen LogP contribution in [0, 0.1) is 13.8 Å². The predicted molar refractivity (Wildman–Crippen MR) is 90.1 cm³/mol. The molecule has 2 rings (SSSR count). The first-order valence-electron chi connectivity index (χ1n) is 8.22. The molecule has 0 aliphatic heterocycles. The number of benzene rings is 1. The molecule has 21 heavy (non-hydrogen) atoms. The number of aryl methyl sites for hydroxylation is 2.